The Labute approximate surface area is 219 Å². The monoisotopic (exact) mass is 576 g/mol. The van der Waals surface area contributed by atoms with Crippen molar-refractivity contribution >= 4 is 27.5 Å². The number of hydrogen-bond acceptors (Lipinski definition) is 8. The SMILES string of the molecule is O=S(=O)(N1CCN(C2COC2)CC1)N(Cc1ccc(-c2nnc(C(F)(F)F)o2)cn1)c1ccc(F)c(Cl)c1. The maximum atomic E-state index is 13.9. The van der Waals surface area contributed by atoms with Crippen LogP contribution in [0, 0.1) is 5.82 Å². The van der Waals surface area contributed by atoms with Gasteiger partial charge in [-0.2, -0.15) is 25.9 Å². The lowest BCUT2D eigenvalue weighted by molar-refractivity contribution is -0.156. The van der Waals surface area contributed by atoms with Crippen LogP contribution in [0.3, 0.4) is 0 Å². The fourth-order valence-electron chi connectivity index (χ4n) is 4.07. The zero-order chi connectivity index (χ0) is 27.1. The summed E-state index contributed by atoms with van der Waals surface area (Å²) in [7, 11) is -4.10. The van der Waals surface area contributed by atoms with Gasteiger partial charge in [0, 0.05) is 32.4 Å². The van der Waals surface area contributed by atoms with Crippen LogP contribution in [0.5, 0.6) is 0 Å². The molecule has 16 heteroatoms. The van der Waals surface area contributed by atoms with Gasteiger partial charge in [0.15, 0.2) is 0 Å². The number of piperazine rings is 1. The summed E-state index contributed by atoms with van der Waals surface area (Å²) in [6, 6.07) is 6.67. The Balaban J connectivity index is 1.38. The molecule has 2 aliphatic rings. The molecule has 0 radical (unpaired) electrons. The summed E-state index contributed by atoms with van der Waals surface area (Å²) in [5.74, 6) is -2.59. The number of pyridine rings is 1. The van der Waals surface area contributed by atoms with E-state index in [9.17, 15) is 26.0 Å². The number of rotatable bonds is 7. The molecule has 2 aromatic heterocycles. The van der Waals surface area contributed by atoms with Gasteiger partial charge in [-0.15, -0.1) is 10.2 Å². The van der Waals surface area contributed by atoms with Crippen molar-refractivity contribution in [1.82, 2.24) is 24.4 Å². The van der Waals surface area contributed by atoms with Crippen LogP contribution in [0.1, 0.15) is 11.6 Å². The van der Waals surface area contributed by atoms with Crippen molar-refractivity contribution in [2.75, 3.05) is 43.7 Å². The highest BCUT2D eigenvalue weighted by Crippen LogP contribution is 2.31. The highest BCUT2D eigenvalue weighted by Gasteiger charge is 2.39. The van der Waals surface area contributed by atoms with Gasteiger partial charge in [0.05, 0.1) is 47.8 Å². The van der Waals surface area contributed by atoms with Gasteiger partial charge in [-0.3, -0.25) is 14.2 Å². The maximum absolute atomic E-state index is 13.9. The second-order valence-corrected chi connectivity index (χ2v) is 10.9. The second kappa shape index (κ2) is 10.4. The van der Waals surface area contributed by atoms with Crippen molar-refractivity contribution < 1.29 is 35.1 Å². The van der Waals surface area contributed by atoms with Crippen LogP contribution in [-0.2, 0) is 27.7 Å². The van der Waals surface area contributed by atoms with Crippen molar-refractivity contribution in [1.29, 1.82) is 0 Å². The molecule has 0 N–H and O–H groups in total. The first-order valence-electron chi connectivity index (χ1n) is 11.4. The minimum atomic E-state index is -4.79. The van der Waals surface area contributed by atoms with E-state index in [0.29, 0.717) is 26.3 Å². The topological polar surface area (TPSA) is 105 Å². The minimum Gasteiger partial charge on any atom is -0.413 e. The molecular formula is C22H21ClF4N6O4S. The van der Waals surface area contributed by atoms with E-state index >= 15 is 0 Å². The van der Waals surface area contributed by atoms with Crippen LogP contribution < -0.4 is 4.31 Å². The summed E-state index contributed by atoms with van der Waals surface area (Å²) in [6.07, 6.45) is -3.59. The number of nitrogens with zero attached hydrogens (tertiary/aromatic N) is 6. The Bertz CT molecular complexity index is 1390. The molecule has 0 spiro atoms. The number of hydrogen-bond donors (Lipinski definition) is 0. The number of ether oxygens (including phenoxy) is 1. The van der Waals surface area contributed by atoms with Gasteiger partial charge in [-0.1, -0.05) is 11.6 Å². The summed E-state index contributed by atoms with van der Waals surface area (Å²) >= 11 is 5.95. The van der Waals surface area contributed by atoms with Crippen LogP contribution in [0.2, 0.25) is 5.02 Å². The highest BCUT2D eigenvalue weighted by atomic mass is 35.5. The van der Waals surface area contributed by atoms with E-state index in [4.69, 9.17) is 16.3 Å². The molecular weight excluding hydrogens is 556 g/mol. The van der Waals surface area contributed by atoms with Crippen LogP contribution in [-0.4, -0.2) is 78.2 Å². The molecule has 4 heterocycles. The van der Waals surface area contributed by atoms with E-state index in [-0.39, 0.29) is 53.5 Å². The molecule has 5 rings (SSSR count). The average Bonchev–Trinajstić information content (AvgIpc) is 3.35. The third kappa shape index (κ3) is 5.47. The molecule has 204 valence electrons. The molecule has 2 fully saturated rings. The van der Waals surface area contributed by atoms with Gasteiger partial charge in [0.2, 0.25) is 5.89 Å². The zero-order valence-electron chi connectivity index (χ0n) is 19.6. The molecule has 0 aliphatic carbocycles. The third-order valence-corrected chi connectivity index (χ3v) is 8.46. The molecule has 2 aliphatic heterocycles. The van der Waals surface area contributed by atoms with Gasteiger partial charge in [0.25, 0.3) is 0 Å². The van der Waals surface area contributed by atoms with Gasteiger partial charge < -0.3 is 9.15 Å². The lowest BCUT2D eigenvalue weighted by Gasteiger charge is -2.43. The molecule has 0 atom stereocenters. The Morgan fingerprint density at radius 2 is 1.82 bits per heavy atom. The molecule has 10 nitrogen and oxygen atoms in total. The lowest BCUT2D eigenvalue weighted by Crippen LogP contribution is -2.59. The Morgan fingerprint density at radius 1 is 1.08 bits per heavy atom. The number of aromatic nitrogens is 3. The molecule has 0 saturated carbocycles. The standard InChI is InChI=1S/C22H21ClF4N6O4S/c23-18-9-16(3-4-19(18)24)33(38(34,35)32-7-5-31(6-8-32)17-12-36-13-17)11-15-2-1-14(10-28-15)20-29-30-21(37-20)22(25,26)27/h1-4,9-10,17H,5-8,11-13H2. The first-order chi connectivity index (χ1) is 18.0. The fraction of sp³-hybridized carbons (Fsp3) is 0.409. The van der Waals surface area contributed by atoms with Gasteiger partial charge in [0.1, 0.15) is 5.82 Å². The highest BCUT2D eigenvalue weighted by molar-refractivity contribution is 7.90. The van der Waals surface area contributed by atoms with Crippen LogP contribution in [0.25, 0.3) is 11.5 Å². The molecule has 38 heavy (non-hydrogen) atoms. The third-order valence-electron chi connectivity index (χ3n) is 6.25. The Morgan fingerprint density at radius 3 is 2.37 bits per heavy atom. The van der Waals surface area contributed by atoms with Crippen LogP contribution in [0.15, 0.2) is 40.9 Å². The van der Waals surface area contributed by atoms with E-state index < -0.39 is 28.1 Å². The number of halogens is 5. The summed E-state index contributed by atoms with van der Waals surface area (Å²) in [6.45, 7) is 2.54. The van der Waals surface area contributed by atoms with Crippen LogP contribution >= 0.6 is 11.6 Å². The van der Waals surface area contributed by atoms with E-state index in [0.717, 1.165) is 10.4 Å². The predicted molar refractivity (Wildman–Crippen MR) is 127 cm³/mol. The normalized spacial score (nSPS) is 17.9. The number of benzene rings is 1. The second-order valence-electron chi connectivity index (χ2n) is 8.69. The first-order valence-corrected chi connectivity index (χ1v) is 13.2. The summed E-state index contributed by atoms with van der Waals surface area (Å²) in [5.41, 5.74) is 0.509. The van der Waals surface area contributed by atoms with Crippen molar-refractivity contribution in [3.63, 3.8) is 0 Å². The first kappa shape index (κ1) is 26.7. The molecule has 3 aromatic rings. The molecule has 1 aromatic carbocycles. The van der Waals surface area contributed by atoms with E-state index in [1.807, 2.05) is 0 Å². The number of alkyl halides is 3. The predicted octanol–water partition coefficient (Wildman–Crippen LogP) is 3.21. The van der Waals surface area contributed by atoms with E-state index in [1.54, 1.807) is 0 Å². The molecule has 2 saturated heterocycles. The maximum Gasteiger partial charge on any atom is 0.470 e. The van der Waals surface area contributed by atoms with E-state index in [2.05, 4.69) is 24.5 Å². The Kier molecular flexibility index (Phi) is 7.30. The molecule has 0 amide bonds. The minimum absolute atomic E-state index is 0.118. The summed E-state index contributed by atoms with van der Waals surface area (Å²) in [4.78, 5) is 6.36. The van der Waals surface area contributed by atoms with Crippen molar-refractivity contribution in [2.45, 2.75) is 18.8 Å². The van der Waals surface area contributed by atoms with Gasteiger partial charge in [-0.25, -0.2) is 4.39 Å². The molecule has 0 unspecified atom stereocenters. The quantitative estimate of drug-likeness (QED) is 0.395. The average molecular weight is 577 g/mol. The fourth-order valence-corrected chi connectivity index (χ4v) is 5.82. The van der Waals surface area contributed by atoms with Crippen molar-refractivity contribution in [3.05, 3.63) is 59.0 Å². The summed E-state index contributed by atoms with van der Waals surface area (Å²) < 4.78 is 91.9. The van der Waals surface area contributed by atoms with Gasteiger partial charge >= 0.3 is 22.3 Å². The number of anilines is 1. The van der Waals surface area contributed by atoms with Crippen LogP contribution in [0.4, 0.5) is 23.2 Å². The Hall–Kier alpha value is -2.85. The molecule has 0 bridgehead atoms. The summed E-state index contributed by atoms with van der Waals surface area (Å²) in [5, 5.41) is 6.12. The zero-order valence-corrected chi connectivity index (χ0v) is 21.2. The van der Waals surface area contributed by atoms with E-state index in [1.165, 1.54) is 34.8 Å². The smallest absolute Gasteiger partial charge is 0.413 e. The van der Waals surface area contributed by atoms with Crippen molar-refractivity contribution in [2.24, 2.45) is 0 Å². The van der Waals surface area contributed by atoms with Crippen molar-refractivity contribution in [3.8, 4) is 11.5 Å². The lowest BCUT2D eigenvalue weighted by atomic mass is 10.2. The largest absolute Gasteiger partial charge is 0.470 e. The van der Waals surface area contributed by atoms with Gasteiger partial charge in [-0.05, 0) is 30.3 Å².